The lowest BCUT2D eigenvalue weighted by Crippen LogP contribution is -2.26. The lowest BCUT2D eigenvalue weighted by Gasteiger charge is -2.15. The van der Waals surface area contributed by atoms with E-state index in [2.05, 4.69) is 4.99 Å². The lowest BCUT2D eigenvalue weighted by atomic mass is 10.1. The van der Waals surface area contributed by atoms with Crippen molar-refractivity contribution in [2.24, 2.45) is 4.99 Å². The molecule has 2 heterocycles. The number of hydrogen-bond donors (Lipinski definition) is 0. The normalized spacial score (nSPS) is 18.1. The number of rotatable bonds is 5. The van der Waals surface area contributed by atoms with Crippen molar-refractivity contribution in [2.75, 3.05) is 0 Å². The largest absolute Gasteiger partial charge is 0.463 e. The minimum atomic E-state index is -0.843. The van der Waals surface area contributed by atoms with Gasteiger partial charge in [0.05, 0.1) is 0 Å². The Labute approximate surface area is 173 Å². The minimum absolute atomic E-state index is 0.180. The van der Waals surface area contributed by atoms with Gasteiger partial charge in [-0.15, -0.1) is 0 Å². The summed E-state index contributed by atoms with van der Waals surface area (Å²) in [6.45, 7) is 0.180. The van der Waals surface area contributed by atoms with Crippen molar-refractivity contribution in [3.05, 3.63) is 108 Å². The lowest BCUT2D eigenvalue weighted by molar-refractivity contribution is -0.148. The van der Waals surface area contributed by atoms with Crippen LogP contribution in [-0.2, 0) is 20.9 Å². The van der Waals surface area contributed by atoms with Crippen LogP contribution < -0.4 is 0 Å². The number of benzene rings is 3. The molecule has 0 fully saturated rings. The number of ether oxygens (including phenoxy) is 2. The zero-order valence-electron chi connectivity index (χ0n) is 16.1. The van der Waals surface area contributed by atoms with E-state index in [4.69, 9.17) is 13.9 Å². The maximum absolute atomic E-state index is 12.9. The van der Waals surface area contributed by atoms with E-state index in [-0.39, 0.29) is 6.61 Å². The van der Waals surface area contributed by atoms with Crippen LogP contribution in [0.4, 0.5) is 0 Å². The van der Waals surface area contributed by atoms with Gasteiger partial charge in [-0.25, -0.2) is 9.79 Å². The highest BCUT2D eigenvalue weighted by molar-refractivity contribution is 5.98. The third-order valence-corrected chi connectivity index (χ3v) is 4.99. The first-order valence-electron chi connectivity index (χ1n) is 9.77. The summed E-state index contributed by atoms with van der Waals surface area (Å²) in [5.41, 5.74) is 2.45. The van der Waals surface area contributed by atoms with Crippen LogP contribution in [0, 0.1) is 0 Å². The van der Waals surface area contributed by atoms with E-state index >= 15 is 0 Å². The summed E-state index contributed by atoms with van der Waals surface area (Å²) in [4.78, 5) is 17.5. The number of fused-ring (bicyclic) bond motifs is 1. The first-order chi connectivity index (χ1) is 14.8. The van der Waals surface area contributed by atoms with Crippen LogP contribution in [0.2, 0.25) is 0 Å². The van der Waals surface area contributed by atoms with Gasteiger partial charge in [0, 0.05) is 10.9 Å². The Kier molecular flexibility index (Phi) is 4.77. The summed E-state index contributed by atoms with van der Waals surface area (Å²) in [7, 11) is 0. The van der Waals surface area contributed by atoms with Gasteiger partial charge < -0.3 is 13.9 Å². The summed E-state index contributed by atoms with van der Waals surface area (Å²) >= 11 is 0. The molecule has 0 saturated heterocycles. The molecule has 0 saturated carbocycles. The topological polar surface area (TPSA) is 61.0 Å². The van der Waals surface area contributed by atoms with Gasteiger partial charge in [-0.05, 0) is 29.8 Å². The summed E-state index contributed by atoms with van der Waals surface area (Å²) in [6.07, 6.45) is -0.684. The smallest absolute Gasteiger partial charge is 0.335 e. The van der Waals surface area contributed by atoms with Gasteiger partial charge in [0.15, 0.2) is 12.1 Å². The Balaban J connectivity index is 1.44. The van der Waals surface area contributed by atoms with Crippen LogP contribution in [0.25, 0.3) is 11.0 Å². The molecule has 0 bridgehead atoms. The van der Waals surface area contributed by atoms with Crippen LogP contribution in [-0.4, -0.2) is 17.9 Å². The fraction of sp³-hybridized carbons (Fsp3) is 0.120. The Morgan fingerprint density at radius 1 is 0.900 bits per heavy atom. The molecular formula is C25H19NO4. The average Bonchev–Trinajstić information content (AvgIpc) is 3.43. The molecule has 1 aliphatic heterocycles. The molecule has 0 amide bonds. The predicted molar refractivity (Wildman–Crippen MR) is 113 cm³/mol. The van der Waals surface area contributed by atoms with E-state index in [1.807, 2.05) is 91.0 Å². The molecule has 5 nitrogen and oxygen atoms in total. The quantitative estimate of drug-likeness (QED) is 0.442. The van der Waals surface area contributed by atoms with Crippen LogP contribution in [0.15, 0.2) is 100 Å². The summed E-state index contributed by atoms with van der Waals surface area (Å²) < 4.78 is 17.6. The highest BCUT2D eigenvalue weighted by Crippen LogP contribution is 2.35. The number of carbonyl (C=O) groups is 1. The monoisotopic (exact) mass is 397 g/mol. The van der Waals surface area contributed by atoms with Crippen LogP contribution in [0.1, 0.15) is 23.0 Å². The molecule has 5 heteroatoms. The van der Waals surface area contributed by atoms with Crippen LogP contribution in [0.3, 0.4) is 0 Å². The molecule has 5 rings (SSSR count). The second-order valence-electron chi connectivity index (χ2n) is 7.06. The molecule has 1 aromatic heterocycles. The van der Waals surface area contributed by atoms with E-state index in [0.717, 1.165) is 22.1 Å². The van der Waals surface area contributed by atoms with Crippen molar-refractivity contribution in [2.45, 2.75) is 18.8 Å². The number of carbonyl (C=O) groups excluding carboxylic acids is 1. The molecular weight excluding hydrogens is 378 g/mol. The van der Waals surface area contributed by atoms with Gasteiger partial charge in [-0.2, -0.15) is 0 Å². The standard InChI is InChI=1S/C25H19NO4/c27-25(28-16-17-9-3-1-4-10-17)22-23(21-15-19-13-7-8-14-20(19)29-21)30-24(26-22)18-11-5-2-6-12-18/h1-15,22-23H,16H2. The van der Waals surface area contributed by atoms with Gasteiger partial charge in [0.1, 0.15) is 18.0 Å². The van der Waals surface area contributed by atoms with E-state index in [9.17, 15) is 4.79 Å². The Morgan fingerprint density at radius 3 is 2.37 bits per heavy atom. The number of para-hydroxylation sites is 1. The summed E-state index contributed by atoms with van der Waals surface area (Å²) in [5.74, 6) is 0.505. The van der Waals surface area contributed by atoms with E-state index in [1.165, 1.54) is 0 Å². The number of nitrogens with zero attached hydrogens (tertiary/aromatic N) is 1. The highest BCUT2D eigenvalue weighted by atomic mass is 16.6. The van der Waals surface area contributed by atoms with Gasteiger partial charge in [0.2, 0.25) is 5.90 Å². The summed E-state index contributed by atoms with van der Waals surface area (Å²) in [5, 5.41) is 0.945. The van der Waals surface area contributed by atoms with Crippen molar-refractivity contribution in [1.29, 1.82) is 0 Å². The molecule has 2 unspecified atom stereocenters. The molecule has 0 radical (unpaired) electrons. The van der Waals surface area contributed by atoms with Crippen molar-refractivity contribution < 1.29 is 18.7 Å². The van der Waals surface area contributed by atoms with Crippen molar-refractivity contribution >= 4 is 22.8 Å². The molecule has 30 heavy (non-hydrogen) atoms. The maximum Gasteiger partial charge on any atom is 0.335 e. The van der Waals surface area contributed by atoms with Crippen molar-refractivity contribution in [1.82, 2.24) is 0 Å². The van der Waals surface area contributed by atoms with E-state index < -0.39 is 18.1 Å². The number of aliphatic imine (C=N–C) groups is 1. The number of esters is 1. The Bertz CT molecular complexity index is 1160. The van der Waals surface area contributed by atoms with E-state index in [1.54, 1.807) is 0 Å². The third kappa shape index (κ3) is 3.57. The fourth-order valence-electron chi connectivity index (χ4n) is 3.48. The molecule has 0 aliphatic carbocycles. The van der Waals surface area contributed by atoms with Gasteiger partial charge >= 0.3 is 5.97 Å². The minimum Gasteiger partial charge on any atom is -0.463 e. The van der Waals surface area contributed by atoms with Gasteiger partial charge in [0.25, 0.3) is 0 Å². The first-order valence-corrected chi connectivity index (χ1v) is 9.77. The van der Waals surface area contributed by atoms with Gasteiger partial charge in [-0.3, -0.25) is 0 Å². The van der Waals surface area contributed by atoms with Gasteiger partial charge in [-0.1, -0.05) is 66.7 Å². The zero-order chi connectivity index (χ0) is 20.3. The number of hydrogen-bond acceptors (Lipinski definition) is 5. The first kappa shape index (κ1) is 18.2. The number of furan rings is 1. The fourth-order valence-corrected chi connectivity index (χ4v) is 3.48. The van der Waals surface area contributed by atoms with E-state index in [0.29, 0.717) is 11.7 Å². The second-order valence-corrected chi connectivity index (χ2v) is 7.06. The maximum atomic E-state index is 12.9. The average molecular weight is 397 g/mol. The Hall–Kier alpha value is -3.86. The molecule has 1 aliphatic rings. The molecule has 0 N–H and O–H groups in total. The second kappa shape index (κ2) is 7.87. The van der Waals surface area contributed by atoms with Crippen LogP contribution >= 0.6 is 0 Å². The van der Waals surface area contributed by atoms with Crippen molar-refractivity contribution in [3.63, 3.8) is 0 Å². The van der Waals surface area contributed by atoms with Crippen LogP contribution in [0.5, 0.6) is 0 Å². The zero-order valence-corrected chi connectivity index (χ0v) is 16.1. The third-order valence-electron chi connectivity index (χ3n) is 4.99. The Morgan fingerprint density at radius 2 is 1.60 bits per heavy atom. The molecule has 3 aromatic carbocycles. The highest BCUT2D eigenvalue weighted by Gasteiger charge is 2.41. The molecule has 148 valence electrons. The predicted octanol–water partition coefficient (Wildman–Crippen LogP) is 5.06. The SMILES string of the molecule is O=C(OCc1ccccc1)C1N=C(c2ccccc2)OC1c1cc2ccccc2o1. The molecule has 0 spiro atoms. The molecule has 2 atom stereocenters. The van der Waals surface area contributed by atoms with Crippen molar-refractivity contribution in [3.8, 4) is 0 Å². The summed E-state index contributed by atoms with van der Waals surface area (Å²) in [6, 6.07) is 27.8. The molecule has 4 aromatic rings.